The molecular formula is C25H36N6O5. The Morgan fingerprint density at radius 2 is 1.97 bits per heavy atom. The zero-order valence-corrected chi connectivity index (χ0v) is 20.7. The summed E-state index contributed by atoms with van der Waals surface area (Å²) >= 11 is 0. The second-order valence-corrected chi connectivity index (χ2v) is 9.17. The Morgan fingerprint density at radius 3 is 2.64 bits per heavy atom. The standard InChI is InChI=1S/C25H36N6O5/c1-2-36-23(33)16-31(20-10-11-20)25(35)21(29-24(34)19-8-4-3-5-9-19)13-22(32)27-14-18-7-6-12-30(15-18)17-28-26/h3-5,8-9,17-18,20-21H,2,6-7,10-16,26H2,1H3,(H,27,32)(H,29,34)/t18-,21-/m0/s1. The minimum atomic E-state index is -1.11. The highest BCUT2D eigenvalue weighted by Gasteiger charge is 2.38. The molecule has 0 aromatic heterocycles. The fraction of sp³-hybridized carbons (Fsp3) is 0.560. The monoisotopic (exact) mass is 500 g/mol. The molecule has 2 fully saturated rings. The van der Waals surface area contributed by atoms with Crippen molar-refractivity contribution in [3.63, 3.8) is 0 Å². The molecule has 1 heterocycles. The number of likely N-dealkylation sites (tertiary alicyclic amines) is 1. The van der Waals surface area contributed by atoms with E-state index in [-0.39, 0.29) is 37.4 Å². The second kappa shape index (κ2) is 13.5. The third-order valence-corrected chi connectivity index (χ3v) is 6.27. The molecule has 0 radical (unpaired) electrons. The number of nitrogens with zero attached hydrogens (tertiary/aromatic N) is 3. The molecule has 1 aromatic rings. The summed E-state index contributed by atoms with van der Waals surface area (Å²) in [6.07, 6.45) is 4.81. The van der Waals surface area contributed by atoms with E-state index in [2.05, 4.69) is 15.7 Å². The van der Waals surface area contributed by atoms with Crippen molar-refractivity contribution >= 4 is 30.0 Å². The topological polar surface area (TPSA) is 146 Å². The van der Waals surface area contributed by atoms with Gasteiger partial charge in [-0.15, -0.1) is 0 Å². The van der Waals surface area contributed by atoms with Gasteiger partial charge < -0.3 is 31.0 Å². The van der Waals surface area contributed by atoms with Gasteiger partial charge >= 0.3 is 5.97 Å². The fourth-order valence-corrected chi connectivity index (χ4v) is 4.33. The summed E-state index contributed by atoms with van der Waals surface area (Å²) in [5.74, 6) is 3.68. The third kappa shape index (κ3) is 8.24. The number of amides is 3. The Balaban J connectivity index is 1.66. The predicted octanol–water partition coefficient (Wildman–Crippen LogP) is 0.459. The van der Waals surface area contributed by atoms with Gasteiger partial charge in [0.25, 0.3) is 5.91 Å². The van der Waals surface area contributed by atoms with Crippen LogP contribution in [0.4, 0.5) is 0 Å². The first-order chi connectivity index (χ1) is 17.4. The van der Waals surface area contributed by atoms with Crippen LogP contribution in [0.2, 0.25) is 0 Å². The molecule has 11 heteroatoms. The van der Waals surface area contributed by atoms with Crippen molar-refractivity contribution in [1.29, 1.82) is 0 Å². The average Bonchev–Trinajstić information content (AvgIpc) is 3.72. The number of benzene rings is 1. The van der Waals surface area contributed by atoms with Crippen molar-refractivity contribution in [3.05, 3.63) is 35.9 Å². The van der Waals surface area contributed by atoms with E-state index in [1.165, 1.54) is 4.90 Å². The van der Waals surface area contributed by atoms with E-state index in [0.717, 1.165) is 38.8 Å². The lowest BCUT2D eigenvalue weighted by molar-refractivity contribution is -0.150. The van der Waals surface area contributed by atoms with E-state index in [1.54, 1.807) is 43.6 Å². The minimum absolute atomic E-state index is 0.0986. The van der Waals surface area contributed by atoms with Crippen LogP contribution in [0.25, 0.3) is 0 Å². The highest BCUT2D eigenvalue weighted by molar-refractivity contribution is 5.99. The number of ether oxygens (including phenoxy) is 1. The SMILES string of the molecule is CCOC(=O)CN(C(=O)[C@H](CC(=O)NC[C@@H]1CCCN(C=NN)C1)NC(=O)c1ccccc1)C1CC1. The highest BCUT2D eigenvalue weighted by Crippen LogP contribution is 2.27. The maximum absolute atomic E-state index is 13.5. The summed E-state index contributed by atoms with van der Waals surface area (Å²) in [5, 5.41) is 9.18. The molecule has 4 N–H and O–H groups in total. The van der Waals surface area contributed by atoms with Gasteiger partial charge in [-0.3, -0.25) is 19.2 Å². The summed E-state index contributed by atoms with van der Waals surface area (Å²) in [7, 11) is 0. The maximum Gasteiger partial charge on any atom is 0.325 e. The van der Waals surface area contributed by atoms with Gasteiger partial charge in [-0.2, -0.15) is 5.10 Å². The number of hydrazone groups is 1. The van der Waals surface area contributed by atoms with Crippen LogP contribution in [-0.2, 0) is 19.1 Å². The van der Waals surface area contributed by atoms with Gasteiger partial charge in [0.05, 0.1) is 13.0 Å². The van der Waals surface area contributed by atoms with Crippen LogP contribution >= 0.6 is 0 Å². The molecule has 0 unspecified atom stereocenters. The Bertz CT molecular complexity index is 936. The fourth-order valence-electron chi connectivity index (χ4n) is 4.33. The number of hydrogen-bond acceptors (Lipinski definition) is 7. The number of rotatable bonds is 12. The summed E-state index contributed by atoms with van der Waals surface area (Å²) in [6.45, 7) is 3.72. The normalized spacial score (nSPS) is 18.4. The summed E-state index contributed by atoms with van der Waals surface area (Å²) in [6, 6.07) is 7.28. The van der Waals surface area contributed by atoms with Gasteiger partial charge in [0.2, 0.25) is 11.8 Å². The zero-order valence-electron chi connectivity index (χ0n) is 20.7. The number of piperidine rings is 1. The van der Waals surface area contributed by atoms with Crippen molar-refractivity contribution in [2.45, 2.75) is 51.1 Å². The van der Waals surface area contributed by atoms with Gasteiger partial charge in [-0.25, -0.2) is 0 Å². The van der Waals surface area contributed by atoms with Crippen LogP contribution in [0.1, 0.15) is 49.4 Å². The molecule has 3 amide bonds. The quantitative estimate of drug-likeness (QED) is 0.124. The maximum atomic E-state index is 13.5. The molecule has 1 saturated carbocycles. The molecule has 2 atom stereocenters. The second-order valence-electron chi connectivity index (χ2n) is 9.17. The highest BCUT2D eigenvalue weighted by atomic mass is 16.5. The molecule has 36 heavy (non-hydrogen) atoms. The smallest absolute Gasteiger partial charge is 0.325 e. The lowest BCUT2D eigenvalue weighted by atomic mass is 9.98. The molecule has 0 bridgehead atoms. The third-order valence-electron chi connectivity index (χ3n) is 6.27. The van der Waals surface area contributed by atoms with Crippen molar-refractivity contribution < 1.29 is 23.9 Å². The number of nitrogens with one attached hydrogen (secondary N) is 2. The molecule has 11 nitrogen and oxygen atoms in total. The summed E-state index contributed by atoms with van der Waals surface area (Å²) < 4.78 is 5.02. The summed E-state index contributed by atoms with van der Waals surface area (Å²) in [5.41, 5.74) is 0.378. The molecule has 2 aliphatic rings. The summed E-state index contributed by atoms with van der Waals surface area (Å²) in [4.78, 5) is 54.8. The number of carbonyl (C=O) groups is 4. The van der Waals surface area contributed by atoms with Crippen molar-refractivity contribution in [1.82, 2.24) is 20.4 Å². The molecule has 1 aliphatic heterocycles. The van der Waals surface area contributed by atoms with Crippen LogP contribution in [-0.4, -0.2) is 84.7 Å². The lowest BCUT2D eigenvalue weighted by Gasteiger charge is -2.31. The van der Waals surface area contributed by atoms with Crippen LogP contribution in [0.3, 0.4) is 0 Å². The Labute approximate surface area is 211 Å². The van der Waals surface area contributed by atoms with Crippen LogP contribution in [0, 0.1) is 5.92 Å². The van der Waals surface area contributed by atoms with E-state index in [9.17, 15) is 19.2 Å². The first-order valence-corrected chi connectivity index (χ1v) is 12.5. The zero-order chi connectivity index (χ0) is 25.9. The Morgan fingerprint density at radius 1 is 1.22 bits per heavy atom. The van der Waals surface area contributed by atoms with Gasteiger partial charge in [0, 0.05) is 31.2 Å². The molecule has 3 rings (SSSR count). The van der Waals surface area contributed by atoms with Crippen molar-refractivity contribution in [2.75, 3.05) is 32.8 Å². The molecule has 1 aromatic carbocycles. The first kappa shape index (κ1) is 27.0. The van der Waals surface area contributed by atoms with E-state index >= 15 is 0 Å². The Hall–Kier alpha value is -3.63. The Kier molecular flexibility index (Phi) is 10.1. The first-order valence-electron chi connectivity index (χ1n) is 12.5. The van der Waals surface area contributed by atoms with Gasteiger partial charge in [-0.1, -0.05) is 18.2 Å². The van der Waals surface area contributed by atoms with E-state index in [4.69, 9.17) is 10.6 Å². The van der Waals surface area contributed by atoms with Crippen LogP contribution < -0.4 is 16.5 Å². The van der Waals surface area contributed by atoms with Gasteiger partial charge in [-0.05, 0) is 50.7 Å². The average molecular weight is 501 g/mol. The van der Waals surface area contributed by atoms with Crippen LogP contribution in [0.15, 0.2) is 35.4 Å². The number of esters is 1. The van der Waals surface area contributed by atoms with Gasteiger partial charge in [0.15, 0.2) is 0 Å². The molecule has 196 valence electrons. The number of hydrogen-bond donors (Lipinski definition) is 3. The largest absolute Gasteiger partial charge is 0.465 e. The molecule has 0 spiro atoms. The van der Waals surface area contributed by atoms with E-state index < -0.39 is 23.8 Å². The lowest BCUT2D eigenvalue weighted by Crippen LogP contribution is -2.52. The van der Waals surface area contributed by atoms with E-state index in [1.807, 2.05) is 4.90 Å². The molecule has 1 aliphatic carbocycles. The number of carbonyl (C=O) groups excluding carboxylic acids is 4. The minimum Gasteiger partial charge on any atom is -0.465 e. The van der Waals surface area contributed by atoms with Crippen molar-refractivity contribution in [2.24, 2.45) is 16.9 Å². The van der Waals surface area contributed by atoms with Crippen molar-refractivity contribution in [3.8, 4) is 0 Å². The molecule has 1 saturated heterocycles. The van der Waals surface area contributed by atoms with E-state index in [0.29, 0.717) is 12.1 Å². The molecular weight excluding hydrogens is 464 g/mol. The number of nitrogens with two attached hydrogens (primary N) is 1. The predicted molar refractivity (Wildman–Crippen MR) is 134 cm³/mol. The van der Waals surface area contributed by atoms with Gasteiger partial charge in [0.1, 0.15) is 18.9 Å². The van der Waals surface area contributed by atoms with Crippen LogP contribution in [0.5, 0.6) is 0 Å².